The summed E-state index contributed by atoms with van der Waals surface area (Å²) in [6.45, 7) is 0. The van der Waals surface area contributed by atoms with Crippen LogP contribution in [-0.2, 0) is 0 Å². The Balaban J connectivity index is 2.23. The number of aromatic nitrogens is 2. The summed E-state index contributed by atoms with van der Waals surface area (Å²) >= 11 is 9.04. The van der Waals surface area contributed by atoms with Crippen molar-refractivity contribution in [3.63, 3.8) is 0 Å². The van der Waals surface area contributed by atoms with Crippen molar-refractivity contribution in [2.24, 2.45) is 0 Å². The Bertz CT molecular complexity index is 502. The first-order chi connectivity index (χ1) is 7.65. The Labute approximate surface area is 123 Å². The van der Waals surface area contributed by atoms with Crippen molar-refractivity contribution >= 4 is 66.1 Å². The Morgan fingerprint density at radius 3 is 2.44 bits per heavy atom. The van der Waals surface area contributed by atoms with E-state index < -0.39 is 0 Å². The molecule has 0 aliphatic rings. The van der Waals surface area contributed by atoms with Gasteiger partial charge in [0.2, 0.25) is 5.95 Å². The van der Waals surface area contributed by atoms with Crippen LogP contribution in [0.15, 0.2) is 39.5 Å². The molecular formula is C10H6Br2IN3. The normalized spacial score (nSPS) is 10.2. The zero-order chi connectivity index (χ0) is 11.5. The quantitative estimate of drug-likeness (QED) is 0.686. The Kier molecular flexibility index (Phi) is 4.15. The van der Waals surface area contributed by atoms with E-state index in [9.17, 15) is 0 Å². The van der Waals surface area contributed by atoms with E-state index in [1.807, 2.05) is 18.2 Å². The van der Waals surface area contributed by atoms with Crippen molar-refractivity contribution in [1.82, 2.24) is 9.97 Å². The van der Waals surface area contributed by atoms with Crippen LogP contribution in [0.1, 0.15) is 0 Å². The highest BCUT2D eigenvalue weighted by Crippen LogP contribution is 2.27. The van der Waals surface area contributed by atoms with Gasteiger partial charge in [-0.3, -0.25) is 0 Å². The van der Waals surface area contributed by atoms with Gasteiger partial charge in [-0.25, -0.2) is 9.97 Å². The third-order valence-electron chi connectivity index (χ3n) is 1.80. The molecule has 0 unspecified atom stereocenters. The van der Waals surface area contributed by atoms with Gasteiger partial charge in [-0.05, 0) is 56.7 Å². The number of benzene rings is 1. The molecule has 0 fully saturated rings. The minimum Gasteiger partial charge on any atom is -0.323 e. The lowest BCUT2D eigenvalue weighted by atomic mass is 10.3. The fourth-order valence-electron chi connectivity index (χ4n) is 1.09. The van der Waals surface area contributed by atoms with E-state index in [1.54, 1.807) is 12.4 Å². The van der Waals surface area contributed by atoms with Crippen molar-refractivity contribution in [3.05, 3.63) is 43.1 Å². The largest absolute Gasteiger partial charge is 0.323 e. The molecule has 0 radical (unpaired) electrons. The van der Waals surface area contributed by atoms with Crippen LogP contribution in [0, 0.1) is 3.57 Å². The zero-order valence-electron chi connectivity index (χ0n) is 7.92. The number of anilines is 2. The van der Waals surface area contributed by atoms with E-state index in [-0.39, 0.29) is 0 Å². The van der Waals surface area contributed by atoms with Crippen LogP contribution in [0.2, 0.25) is 0 Å². The third kappa shape index (κ3) is 3.14. The van der Waals surface area contributed by atoms with Gasteiger partial charge in [0.05, 0.1) is 5.69 Å². The number of hydrogen-bond acceptors (Lipinski definition) is 3. The van der Waals surface area contributed by atoms with Gasteiger partial charge in [-0.15, -0.1) is 0 Å². The Hall–Kier alpha value is -0.210. The van der Waals surface area contributed by atoms with Crippen LogP contribution in [0.3, 0.4) is 0 Å². The molecule has 0 saturated heterocycles. The third-order valence-corrected chi connectivity index (χ3v) is 3.50. The van der Waals surface area contributed by atoms with Gasteiger partial charge >= 0.3 is 0 Å². The molecule has 0 amide bonds. The summed E-state index contributed by atoms with van der Waals surface area (Å²) in [5.74, 6) is 0.587. The number of halogens is 3. The highest BCUT2D eigenvalue weighted by molar-refractivity contribution is 14.1. The topological polar surface area (TPSA) is 37.8 Å². The molecule has 0 saturated carbocycles. The highest BCUT2D eigenvalue weighted by Gasteiger charge is 2.02. The maximum atomic E-state index is 4.17. The van der Waals surface area contributed by atoms with Gasteiger partial charge < -0.3 is 5.32 Å². The monoisotopic (exact) mass is 453 g/mol. The van der Waals surface area contributed by atoms with Crippen molar-refractivity contribution in [2.75, 3.05) is 5.32 Å². The summed E-state index contributed by atoms with van der Waals surface area (Å²) < 4.78 is 3.00. The van der Waals surface area contributed by atoms with Crippen LogP contribution >= 0.6 is 54.5 Å². The van der Waals surface area contributed by atoms with E-state index in [0.29, 0.717) is 5.95 Å². The van der Waals surface area contributed by atoms with E-state index >= 15 is 0 Å². The maximum Gasteiger partial charge on any atom is 0.227 e. The van der Waals surface area contributed by atoms with Crippen molar-refractivity contribution in [1.29, 1.82) is 0 Å². The van der Waals surface area contributed by atoms with Crippen LogP contribution in [0.25, 0.3) is 0 Å². The first kappa shape index (κ1) is 12.3. The number of nitrogens with one attached hydrogen (secondary N) is 1. The van der Waals surface area contributed by atoms with Gasteiger partial charge in [0.15, 0.2) is 0 Å². The molecule has 16 heavy (non-hydrogen) atoms. The van der Waals surface area contributed by atoms with E-state index in [2.05, 4.69) is 69.7 Å². The average molecular weight is 455 g/mol. The van der Waals surface area contributed by atoms with Gasteiger partial charge in [0, 0.05) is 24.9 Å². The summed E-state index contributed by atoms with van der Waals surface area (Å²) in [6.07, 6.45) is 3.53. The molecule has 0 aliphatic heterocycles. The second-order valence-electron chi connectivity index (χ2n) is 2.97. The summed E-state index contributed by atoms with van der Waals surface area (Å²) in [5.41, 5.74) is 0.935. The predicted octanol–water partition coefficient (Wildman–Crippen LogP) is 4.35. The number of rotatable bonds is 2. The minimum atomic E-state index is 0.587. The van der Waals surface area contributed by atoms with E-state index in [0.717, 1.165) is 18.2 Å². The lowest BCUT2D eigenvalue weighted by Crippen LogP contribution is -1.97. The molecule has 2 rings (SSSR count). The summed E-state index contributed by atoms with van der Waals surface area (Å²) in [5, 5.41) is 3.13. The molecule has 0 atom stereocenters. The van der Waals surface area contributed by atoms with Gasteiger partial charge in [-0.1, -0.05) is 15.9 Å². The molecule has 1 heterocycles. The zero-order valence-corrected chi connectivity index (χ0v) is 13.2. The van der Waals surface area contributed by atoms with Crippen molar-refractivity contribution < 1.29 is 0 Å². The SMILES string of the molecule is Brc1ccc(Nc2ncc(I)cn2)c(Br)c1. The fourth-order valence-corrected chi connectivity index (χ4v) is 2.51. The van der Waals surface area contributed by atoms with Crippen LogP contribution in [0.5, 0.6) is 0 Å². The Morgan fingerprint density at radius 2 is 1.81 bits per heavy atom. The average Bonchev–Trinajstić information content (AvgIpc) is 2.25. The first-order valence-electron chi connectivity index (χ1n) is 4.35. The van der Waals surface area contributed by atoms with E-state index in [1.165, 1.54) is 0 Å². The standard InChI is InChI=1S/C10H6Br2IN3/c11-6-1-2-9(8(12)3-6)16-10-14-4-7(13)5-15-10/h1-5H,(H,14,15,16). The fraction of sp³-hybridized carbons (Fsp3) is 0. The summed E-state index contributed by atoms with van der Waals surface area (Å²) in [7, 11) is 0. The smallest absolute Gasteiger partial charge is 0.227 e. The molecule has 0 spiro atoms. The summed E-state index contributed by atoms with van der Waals surface area (Å²) in [6, 6.07) is 5.88. The molecule has 3 nitrogen and oxygen atoms in total. The second kappa shape index (κ2) is 5.42. The molecule has 6 heteroatoms. The molecule has 1 aromatic carbocycles. The maximum absolute atomic E-state index is 4.17. The number of hydrogen-bond donors (Lipinski definition) is 1. The molecule has 0 bridgehead atoms. The molecule has 0 aliphatic carbocycles. The molecule has 82 valence electrons. The van der Waals surface area contributed by atoms with E-state index in [4.69, 9.17) is 0 Å². The number of nitrogens with zero attached hydrogens (tertiary/aromatic N) is 2. The molecule has 2 aromatic rings. The van der Waals surface area contributed by atoms with Crippen molar-refractivity contribution in [2.45, 2.75) is 0 Å². The van der Waals surface area contributed by atoms with Gasteiger partial charge in [-0.2, -0.15) is 0 Å². The van der Waals surface area contributed by atoms with Crippen LogP contribution in [-0.4, -0.2) is 9.97 Å². The summed E-state index contributed by atoms with van der Waals surface area (Å²) in [4.78, 5) is 8.35. The second-order valence-corrected chi connectivity index (χ2v) is 5.99. The minimum absolute atomic E-state index is 0.587. The molecule has 1 N–H and O–H groups in total. The molecular weight excluding hydrogens is 449 g/mol. The lowest BCUT2D eigenvalue weighted by Gasteiger charge is -2.06. The predicted molar refractivity (Wildman–Crippen MR) is 79.9 cm³/mol. The van der Waals surface area contributed by atoms with Crippen molar-refractivity contribution in [3.8, 4) is 0 Å². The lowest BCUT2D eigenvalue weighted by molar-refractivity contribution is 1.15. The van der Waals surface area contributed by atoms with Crippen LogP contribution in [0.4, 0.5) is 11.6 Å². The first-order valence-corrected chi connectivity index (χ1v) is 7.01. The van der Waals surface area contributed by atoms with Crippen LogP contribution < -0.4 is 5.32 Å². The highest BCUT2D eigenvalue weighted by atomic mass is 127. The Morgan fingerprint density at radius 1 is 1.12 bits per heavy atom. The van der Waals surface area contributed by atoms with Gasteiger partial charge in [0.25, 0.3) is 0 Å². The van der Waals surface area contributed by atoms with Gasteiger partial charge in [0.1, 0.15) is 0 Å². The molecule has 1 aromatic heterocycles.